The lowest BCUT2D eigenvalue weighted by atomic mass is 9.99. The number of hydrogen-bond donors (Lipinski definition) is 2. The van der Waals surface area contributed by atoms with Gasteiger partial charge in [0.05, 0.1) is 6.04 Å². The quantitative estimate of drug-likeness (QED) is 0.813. The van der Waals surface area contributed by atoms with E-state index in [1.165, 1.54) is 12.1 Å². The molecular weight excluding hydrogens is 262 g/mol. The van der Waals surface area contributed by atoms with Crippen LogP contribution in [0, 0.1) is 12.7 Å². The van der Waals surface area contributed by atoms with Crippen LogP contribution in [0.5, 0.6) is 0 Å². The Morgan fingerprint density at radius 2 is 1.82 bits per heavy atom. The van der Waals surface area contributed by atoms with Crippen molar-refractivity contribution in [2.24, 2.45) is 5.73 Å². The normalized spacial score (nSPS) is 15.0. The molecule has 98 valence electrons. The maximum Gasteiger partial charge on any atom is 0.416 e. The van der Waals surface area contributed by atoms with Crippen molar-refractivity contribution < 1.29 is 22.7 Å². The molecule has 0 radical (unpaired) electrons. The zero-order valence-corrected chi connectivity index (χ0v) is 9.65. The van der Waals surface area contributed by atoms with Gasteiger partial charge in [0, 0.05) is 5.56 Å². The molecule has 0 amide bonds. The van der Waals surface area contributed by atoms with Gasteiger partial charge in [0.15, 0.2) is 6.10 Å². The Labute approximate surface area is 102 Å². The summed E-state index contributed by atoms with van der Waals surface area (Å²) in [5.41, 5.74) is 5.41. The van der Waals surface area contributed by atoms with Gasteiger partial charge in [-0.15, -0.1) is 12.4 Å². The standard InChI is InChI=1S/C10H11F4NO.ClH/c1-5-2-3-7(11)6(4-5)8(15)9(16)10(12,13)14;/h2-4,8-9,16H,15H2,1H3;1H/t8-,9-;/m1./s1. The molecule has 7 heteroatoms. The third-order valence-corrected chi connectivity index (χ3v) is 2.19. The lowest BCUT2D eigenvalue weighted by Gasteiger charge is -2.22. The van der Waals surface area contributed by atoms with Gasteiger partial charge in [-0.2, -0.15) is 13.2 Å². The topological polar surface area (TPSA) is 46.2 Å². The number of alkyl halides is 3. The number of hydrogen-bond acceptors (Lipinski definition) is 2. The fourth-order valence-corrected chi connectivity index (χ4v) is 1.29. The number of aliphatic hydroxyl groups is 1. The first-order valence-electron chi connectivity index (χ1n) is 4.50. The predicted molar refractivity (Wildman–Crippen MR) is 57.4 cm³/mol. The molecule has 0 aliphatic carbocycles. The van der Waals surface area contributed by atoms with E-state index in [2.05, 4.69) is 0 Å². The molecule has 0 spiro atoms. The van der Waals surface area contributed by atoms with Crippen molar-refractivity contribution in [1.82, 2.24) is 0 Å². The summed E-state index contributed by atoms with van der Waals surface area (Å²) in [5, 5.41) is 8.91. The Bertz CT molecular complexity index is 383. The molecule has 0 fully saturated rings. The minimum absolute atomic E-state index is 0. The molecule has 0 bridgehead atoms. The maximum atomic E-state index is 13.2. The highest BCUT2D eigenvalue weighted by atomic mass is 35.5. The van der Waals surface area contributed by atoms with Crippen molar-refractivity contribution in [3.63, 3.8) is 0 Å². The molecule has 2 nitrogen and oxygen atoms in total. The summed E-state index contributed by atoms with van der Waals surface area (Å²) in [7, 11) is 0. The molecule has 0 unspecified atom stereocenters. The molecule has 17 heavy (non-hydrogen) atoms. The van der Waals surface area contributed by atoms with Crippen LogP contribution in [0.2, 0.25) is 0 Å². The Kier molecular flexibility index (Phi) is 5.38. The fraction of sp³-hybridized carbons (Fsp3) is 0.400. The summed E-state index contributed by atoms with van der Waals surface area (Å²) in [6.45, 7) is 1.59. The maximum absolute atomic E-state index is 13.2. The molecule has 0 aliphatic heterocycles. The van der Waals surface area contributed by atoms with Gasteiger partial charge < -0.3 is 10.8 Å². The second-order valence-electron chi connectivity index (χ2n) is 3.54. The van der Waals surface area contributed by atoms with Crippen molar-refractivity contribution in [1.29, 1.82) is 0 Å². The Balaban J connectivity index is 0.00000256. The molecule has 0 saturated carbocycles. The van der Waals surface area contributed by atoms with Gasteiger partial charge in [0.2, 0.25) is 0 Å². The second kappa shape index (κ2) is 5.66. The number of aliphatic hydroxyl groups excluding tert-OH is 1. The monoisotopic (exact) mass is 273 g/mol. The van der Waals surface area contributed by atoms with Gasteiger partial charge in [0.1, 0.15) is 5.82 Å². The van der Waals surface area contributed by atoms with Crippen molar-refractivity contribution in [3.8, 4) is 0 Å². The lowest BCUT2D eigenvalue weighted by Crippen LogP contribution is -2.39. The SMILES string of the molecule is Cc1ccc(F)c([C@@H](N)[C@@H](O)C(F)(F)F)c1.Cl. The van der Waals surface area contributed by atoms with E-state index in [0.717, 1.165) is 6.07 Å². The van der Waals surface area contributed by atoms with Gasteiger partial charge in [-0.1, -0.05) is 17.7 Å². The average Bonchev–Trinajstić information content (AvgIpc) is 2.18. The van der Waals surface area contributed by atoms with E-state index in [0.29, 0.717) is 5.56 Å². The summed E-state index contributed by atoms with van der Waals surface area (Å²) >= 11 is 0. The lowest BCUT2D eigenvalue weighted by molar-refractivity contribution is -0.210. The zero-order chi connectivity index (χ0) is 12.5. The van der Waals surface area contributed by atoms with Crippen LogP contribution in [0.25, 0.3) is 0 Å². The Morgan fingerprint density at radius 3 is 2.29 bits per heavy atom. The van der Waals surface area contributed by atoms with Gasteiger partial charge in [-0.3, -0.25) is 0 Å². The fourth-order valence-electron chi connectivity index (χ4n) is 1.29. The molecule has 1 rings (SSSR count). The van der Waals surface area contributed by atoms with E-state index >= 15 is 0 Å². The van der Waals surface area contributed by atoms with E-state index in [9.17, 15) is 17.6 Å². The molecule has 2 atom stereocenters. The van der Waals surface area contributed by atoms with Crippen LogP contribution < -0.4 is 5.73 Å². The van der Waals surface area contributed by atoms with E-state index in [1.54, 1.807) is 6.92 Å². The number of nitrogens with two attached hydrogens (primary N) is 1. The van der Waals surface area contributed by atoms with E-state index in [-0.39, 0.29) is 18.0 Å². The minimum Gasteiger partial charge on any atom is -0.382 e. The number of aryl methyl sites for hydroxylation is 1. The largest absolute Gasteiger partial charge is 0.416 e. The molecular formula is C10H12ClF4NO. The van der Waals surface area contributed by atoms with Crippen LogP contribution in [0.15, 0.2) is 18.2 Å². The molecule has 0 aromatic heterocycles. The van der Waals surface area contributed by atoms with Crippen molar-refractivity contribution in [2.45, 2.75) is 25.2 Å². The second-order valence-corrected chi connectivity index (χ2v) is 3.54. The van der Waals surface area contributed by atoms with Crippen LogP contribution in [0.4, 0.5) is 17.6 Å². The smallest absolute Gasteiger partial charge is 0.382 e. The molecule has 1 aromatic rings. The van der Waals surface area contributed by atoms with Crippen LogP contribution in [-0.2, 0) is 0 Å². The number of rotatable bonds is 2. The zero-order valence-electron chi connectivity index (χ0n) is 8.83. The highest BCUT2D eigenvalue weighted by Crippen LogP contribution is 2.30. The molecule has 0 aliphatic rings. The van der Waals surface area contributed by atoms with Gasteiger partial charge in [0.25, 0.3) is 0 Å². The van der Waals surface area contributed by atoms with Gasteiger partial charge >= 0.3 is 6.18 Å². The minimum atomic E-state index is -4.87. The molecule has 3 N–H and O–H groups in total. The van der Waals surface area contributed by atoms with Gasteiger partial charge in [-0.05, 0) is 13.0 Å². The van der Waals surface area contributed by atoms with Crippen molar-refractivity contribution in [3.05, 3.63) is 35.1 Å². The number of benzene rings is 1. The molecule has 1 aromatic carbocycles. The van der Waals surface area contributed by atoms with Gasteiger partial charge in [-0.25, -0.2) is 4.39 Å². The molecule has 0 heterocycles. The summed E-state index contributed by atoms with van der Waals surface area (Å²) in [6, 6.07) is 1.80. The summed E-state index contributed by atoms with van der Waals surface area (Å²) in [5.74, 6) is -0.860. The Morgan fingerprint density at radius 1 is 1.29 bits per heavy atom. The van der Waals surface area contributed by atoms with Crippen LogP contribution in [0.3, 0.4) is 0 Å². The van der Waals surface area contributed by atoms with E-state index in [4.69, 9.17) is 10.8 Å². The van der Waals surface area contributed by atoms with Crippen LogP contribution >= 0.6 is 12.4 Å². The Hall–Kier alpha value is -0.850. The first-order chi connectivity index (χ1) is 7.23. The predicted octanol–water partition coefficient (Wildman–Crippen LogP) is 2.48. The first kappa shape index (κ1) is 16.1. The molecule has 0 saturated heterocycles. The van der Waals surface area contributed by atoms with E-state index < -0.39 is 24.1 Å². The summed E-state index contributed by atoms with van der Waals surface area (Å²) in [4.78, 5) is 0. The first-order valence-corrected chi connectivity index (χ1v) is 4.50. The highest BCUT2D eigenvalue weighted by Gasteiger charge is 2.43. The third-order valence-electron chi connectivity index (χ3n) is 2.19. The highest BCUT2D eigenvalue weighted by molar-refractivity contribution is 5.85. The van der Waals surface area contributed by atoms with Crippen LogP contribution in [-0.4, -0.2) is 17.4 Å². The third kappa shape index (κ3) is 3.83. The average molecular weight is 274 g/mol. The number of halogens is 5. The summed E-state index contributed by atoms with van der Waals surface area (Å²) < 4.78 is 49.7. The van der Waals surface area contributed by atoms with Crippen LogP contribution in [0.1, 0.15) is 17.2 Å². The van der Waals surface area contributed by atoms with Crippen molar-refractivity contribution in [2.75, 3.05) is 0 Å². The summed E-state index contributed by atoms with van der Waals surface area (Å²) in [6.07, 6.45) is -7.64. The van der Waals surface area contributed by atoms with E-state index in [1.807, 2.05) is 0 Å². The van der Waals surface area contributed by atoms with Crippen molar-refractivity contribution >= 4 is 12.4 Å².